The Morgan fingerprint density at radius 1 is 1.35 bits per heavy atom. The molecular weight excluding hydrogens is 258 g/mol. The number of hydrogen-bond donors (Lipinski definition) is 2. The third kappa shape index (κ3) is 3.22. The summed E-state index contributed by atoms with van der Waals surface area (Å²) in [7, 11) is 2.80. The third-order valence-corrected chi connectivity index (χ3v) is 3.77. The van der Waals surface area contributed by atoms with Crippen LogP contribution >= 0.6 is 0 Å². The average molecular weight is 279 g/mol. The van der Waals surface area contributed by atoms with Gasteiger partial charge in [0.15, 0.2) is 0 Å². The number of benzene rings is 1. The lowest BCUT2D eigenvalue weighted by Gasteiger charge is -2.23. The predicted molar refractivity (Wildman–Crippen MR) is 75.3 cm³/mol. The molecule has 0 atom stereocenters. The minimum absolute atomic E-state index is 0.174. The number of methoxy groups -OCH3 is 2. The summed E-state index contributed by atoms with van der Waals surface area (Å²) in [5.74, 6) is 0.589. The molecule has 1 aliphatic rings. The number of nitrogens with one attached hydrogen (secondary N) is 1. The maximum atomic E-state index is 11.8. The van der Waals surface area contributed by atoms with E-state index in [-0.39, 0.29) is 5.75 Å². The first-order valence-corrected chi connectivity index (χ1v) is 6.84. The van der Waals surface area contributed by atoms with Gasteiger partial charge < -0.3 is 19.9 Å². The van der Waals surface area contributed by atoms with Crippen LogP contribution in [-0.2, 0) is 11.2 Å². The van der Waals surface area contributed by atoms with E-state index in [0.29, 0.717) is 17.2 Å². The lowest BCUT2D eigenvalue weighted by atomic mass is 9.90. The highest BCUT2D eigenvalue weighted by molar-refractivity contribution is 5.93. The summed E-state index contributed by atoms with van der Waals surface area (Å²) < 4.78 is 9.88. The molecule has 5 nitrogen and oxygen atoms in total. The van der Waals surface area contributed by atoms with Gasteiger partial charge in [-0.15, -0.1) is 0 Å². The zero-order valence-electron chi connectivity index (χ0n) is 11.9. The molecule has 20 heavy (non-hydrogen) atoms. The van der Waals surface area contributed by atoms with Gasteiger partial charge in [0.1, 0.15) is 17.1 Å². The summed E-state index contributed by atoms with van der Waals surface area (Å²) in [6, 6.07) is 3.17. The Morgan fingerprint density at radius 2 is 2.05 bits per heavy atom. The average Bonchev–Trinajstić information content (AvgIpc) is 2.49. The molecule has 0 amide bonds. The van der Waals surface area contributed by atoms with Crippen molar-refractivity contribution in [2.45, 2.75) is 19.3 Å². The molecule has 0 saturated carbocycles. The van der Waals surface area contributed by atoms with Crippen molar-refractivity contribution in [3.05, 3.63) is 23.3 Å². The van der Waals surface area contributed by atoms with Crippen molar-refractivity contribution < 1.29 is 19.4 Å². The van der Waals surface area contributed by atoms with E-state index in [2.05, 4.69) is 5.32 Å². The number of phenolic OH excluding ortho intramolecular Hbond substituents is 1. The van der Waals surface area contributed by atoms with E-state index in [1.165, 1.54) is 20.3 Å². The zero-order valence-corrected chi connectivity index (χ0v) is 11.9. The topological polar surface area (TPSA) is 67.8 Å². The Hall–Kier alpha value is -1.75. The number of aromatic hydroxyl groups is 1. The number of rotatable bonds is 4. The Bertz CT molecular complexity index is 481. The van der Waals surface area contributed by atoms with E-state index in [9.17, 15) is 9.90 Å². The molecule has 1 aromatic carbocycles. The summed E-state index contributed by atoms with van der Waals surface area (Å²) in [6.45, 7) is 2.01. The van der Waals surface area contributed by atoms with Crippen LogP contribution < -0.4 is 10.1 Å². The van der Waals surface area contributed by atoms with Crippen LogP contribution in [0.1, 0.15) is 28.8 Å². The second kappa shape index (κ2) is 6.61. The van der Waals surface area contributed by atoms with Crippen LogP contribution in [-0.4, -0.2) is 38.4 Å². The van der Waals surface area contributed by atoms with Gasteiger partial charge in [-0.2, -0.15) is 0 Å². The van der Waals surface area contributed by atoms with Crippen LogP contribution in [0, 0.1) is 5.92 Å². The van der Waals surface area contributed by atoms with Gasteiger partial charge in [-0.05, 0) is 49.9 Å². The minimum Gasteiger partial charge on any atom is -0.508 e. The molecule has 1 aromatic rings. The van der Waals surface area contributed by atoms with Crippen molar-refractivity contribution in [3.63, 3.8) is 0 Å². The van der Waals surface area contributed by atoms with Crippen LogP contribution in [0.4, 0.5) is 0 Å². The van der Waals surface area contributed by atoms with Crippen molar-refractivity contribution in [1.29, 1.82) is 0 Å². The number of ether oxygens (including phenoxy) is 2. The lowest BCUT2D eigenvalue weighted by Crippen LogP contribution is -2.28. The molecule has 5 heteroatoms. The second-order valence-corrected chi connectivity index (χ2v) is 5.07. The molecule has 1 heterocycles. The molecular formula is C15H21NO4. The molecule has 0 unspecified atom stereocenters. The predicted octanol–water partition coefficient (Wildman–Crippen LogP) is 1.73. The quantitative estimate of drug-likeness (QED) is 0.822. The molecule has 2 rings (SSSR count). The third-order valence-electron chi connectivity index (χ3n) is 3.77. The Morgan fingerprint density at radius 3 is 2.65 bits per heavy atom. The molecule has 110 valence electrons. The van der Waals surface area contributed by atoms with Crippen LogP contribution in [0.5, 0.6) is 11.5 Å². The fraction of sp³-hybridized carbons (Fsp3) is 0.533. The number of piperidine rings is 1. The van der Waals surface area contributed by atoms with Gasteiger partial charge in [-0.3, -0.25) is 0 Å². The fourth-order valence-corrected chi connectivity index (χ4v) is 2.61. The highest BCUT2D eigenvalue weighted by atomic mass is 16.5. The first-order valence-electron chi connectivity index (χ1n) is 6.84. The van der Waals surface area contributed by atoms with E-state index in [1.54, 1.807) is 6.07 Å². The first kappa shape index (κ1) is 14.7. The van der Waals surface area contributed by atoms with Gasteiger partial charge in [-0.1, -0.05) is 0 Å². The largest absolute Gasteiger partial charge is 0.508 e. The molecule has 0 aromatic heterocycles. The molecule has 1 aliphatic heterocycles. The Kier molecular flexibility index (Phi) is 4.84. The van der Waals surface area contributed by atoms with E-state index in [0.717, 1.165) is 37.9 Å². The van der Waals surface area contributed by atoms with Crippen LogP contribution in [0.2, 0.25) is 0 Å². The highest BCUT2D eigenvalue weighted by Crippen LogP contribution is 2.31. The van der Waals surface area contributed by atoms with Gasteiger partial charge in [0.2, 0.25) is 0 Å². The van der Waals surface area contributed by atoms with Gasteiger partial charge in [0.25, 0.3) is 0 Å². The second-order valence-electron chi connectivity index (χ2n) is 5.07. The Labute approximate surface area is 118 Å². The van der Waals surface area contributed by atoms with Crippen LogP contribution in [0.3, 0.4) is 0 Å². The number of carbonyl (C=O) groups excluding carboxylic acids is 1. The van der Waals surface area contributed by atoms with Gasteiger partial charge >= 0.3 is 5.97 Å². The molecule has 1 saturated heterocycles. The monoisotopic (exact) mass is 279 g/mol. The summed E-state index contributed by atoms with van der Waals surface area (Å²) >= 11 is 0. The molecule has 0 spiro atoms. The normalized spacial score (nSPS) is 15.9. The summed E-state index contributed by atoms with van der Waals surface area (Å²) in [5, 5.41) is 13.4. The SMILES string of the molecule is COC(=O)c1cc(CC2CCNCC2)c(O)cc1OC. The Balaban J connectivity index is 2.25. The van der Waals surface area contributed by atoms with E-state index < -0.39 is 5.97 Å². The van der Waals surface area contributed by atoms with Crippen LogP contribution in [0.15, 0.2) is 12.1 Å². The first-order chi connectivity index (χ1) is 9.65. The number of esters is 1. The minimum atomic E-state index is -0.451. The fourth-order valence-electron chi connectivity index (χ4n) is 2.61. The van der Waals surface area contributed by atoms with E-state index >= 15 is 0 Å². The van der Waals surface area contributed by atoms with Gasteiger partial charge in [0.05, 0.1) is 14.2 Å². The van der Waals surface area contributed by atoms with Crippen molar-refractivity contribution >= 4 is 5.97 Å². The maximum absolute atomic E-state index is 11.8. The van der Waals surface area contributed by atoms with E-state index in [1.807, 2.05) is 0 Å². The highest BCUT2D eigenvalue weighted by Gasteiger charge is 2.20. The lowest BCUT2D eigenvalue weighted by molar-refractivity contribution is 0.0597. The van der Waals surface area contributed by atoms with Crippen molar-refractivity contribution in [2.75, 3.05) is 27.3 Å². The zero-order chi connectivity index (χ0) is 14.5. The van der Waals surface area contributed by atoms with Crippen molar-refractivity contribution in [2.24, 2.45) is 5.92 Å². The van der Waals surface area contributed by atoms with Crippen molar-refractivity contribution in [1.82, 2.24) is 5.32 Å². The molecule has 2 N–H and O–H groups in total. The standard InChI is InChI=1S/C15H21NO4/c1-19-14-9-13(17)11(8-12(14)15(18)20-2)7-10-3-5-16-6-4-10/h8-10,16-17H,3-7H2,1-2H3. The van der Waals surface area contributed by atoms with E-state index in [4.69, 9.17) is 9.47 Å². The number of hydrogen-bond acceptors (Lipinski definition) is 5. The smallest absolute Gasteiger partial charge is 0.341 e. The number of carbonyl (C=O) groups is 1. The maximum Gasteiger partial charge on any atom is 0.341 e. The number of phenols is 1. The molecule has 0 bridgehead atoms. The van der Waals surface area contributed by atoms with Crippen LogP contribution in [0.25, 0.3) is 0 Å². The summed E-state index contributed by atoms with van der Waals surface area (Å²) in [4.78, 5) is 11.8. The van der Waals surface area contributed by atoms with Gasteiger partial charge in [0, 0.05) is 6.07 Å². The molecule has 0 aliphatic carbocycles. The van der Waals surface area contributed by atoms with Crippen molar-refractivity contribution in [3.8, 4) is 11.5 Å². The van der Waals surface area contributed by atoms with Gasteiger partial charge in [-0.25, -0.2) is 4.79 Å². The molecule has 1 fully saturated rings. The summed E-state index contributed by atoms with van der Waals surface area (Å²) in [5.41, 5.74) is 1.13. The molecule has 0 radical (unpaired) electrons. The summed E-state index contributed by atoms with van der Waals surface area (Å²) in [6.07, 6.45) is 2.93.